The number of amides is 2. The van der Waals surface area contributed by atoms with Crippen molar-refractivity contribution in [3.63, 3.8) is 0 Å². The van der Waals surface area contributed by atoms with Crippen LogP contribution in [-0.2, 0) is 16.0 Å². The zero-order chi connectivity index (χ0) is 19.3. The van der Waals surface area contributed by atoms with E-state index in [2.05, 4.69) is 4.98 Å². The molecule has 144 valence electrons. The minimum Gasteiger partial charge on any atom is -0.341 e. The van der Waals surface area contributed by atoms with Crippen LogP contribution in [0, 0.1) is 11.2 Å². The molecule has 3 fully saturated rings. The molecule has 0 bridgehead atoms. The summed E-state index contributed by atoms with van der Waals surface area (Å²) in [5, 5.41) is 0. The fourth-order valence-electron chi connectivity index (χ4n) is 4.46. The van der Waals surface area contributed by atoms with Crippen molar-refractivity contribution in [1.29, 1.82) is 0 Å². The normalized spacial score (nSPS) is 20.5. The molecule has 2 saturated heterocycles. The van der Waals surface area contributed by atoms with Crippen molar-refractivity contribution in [2.75, 3.05) is 24.5 Å². The lowest BCUT2D eigenvalue weighted by Crippen LogP contribution is -2.59. The molecule has 1 aromatic heterocycles. The van der Waals surface area contributed by atoms with Crippen molar-refractivity contribution >= 4 is 17.6 Å². The number of carbonyl (C=O) groups is 2. The molecule has 2 aromatic rings. The van der Waals surface area contributed by atoms with E-state index in [1.165, 1.54) is 6.07 Å². The van der Waals surface area contributed by atoms with Gasteiger partial charge in [-0.2, -0.15) is 0 Å². The predicted molar refractivity (Wildman–Crippen MR) is 102 cm³/mol. The number of hydrogen-bond donors (Lipinski definition) is 0. The van der Waals surface area contributed by atoms with Crippen molar-refractivity contribution in [2.24, 2.45) is 5.41 Å². The quantitative estimate of drug-likeness (QED) is 0.821. The van der Waals surface area contributed by atoms with E-state index < -0.39 is 0 Å². The first-order valence-corrected chi connectivity index (χ1v) is 9.81. The van der Waals surface area contributed by atoms with Gasteiger partial charge in [0.15, 0.2) is 0 Å². The maximum Gasteiger partial charge on any atom is 0.228 e. The van der Waals surface area contributed by atoms with Gasteiger partial charge in [0, 0.05) is 37.7 Å². The zero-order valence-electron chi connectivity index (χ0n) is 15.6. The maximum atomic E-state index is 14.2. The number of benzene rings is 1. The third kappa shape index (κ3) is 3.07. The van der Waals surface area contributed by atoms with Gasteiger partial charge in [-0.3, -0.25) is 14.5 Å². The second-order valence-electron chi connectivity index (χ2n) is 8.40. The van der Waals surface area contributed by atoms with Crippen LogP contribution >= 0.6 is 0 Å². The van der Waals surface area contributed by atoms with E-state index in [9.17, 15) is 14.0 Å². The largest absolute Gasteiger partial charge is 0.341 e. The SMILES string of the molecule is O=C(Cc1ccc(C2CC2)c(F)c1)N1CC2(CC(=O)N(c3ccccn3)C2)C1. The molecule has 0 radical (unpaired) electrons. The molecular formula is C22H22FN3O2. The minimum atomic E-state index is -0.194. The second kappa shape index (κ2) is 6.40. The smallest absolute Gasteiger partial charge is 0.228 e. The van der Waals surface area contributed by atoms with Gasteiger partial charge in [-0.1, -0.05) is 18.2 Å². The fraction of sp³-hybridized carbons (Fsp3) is 0.409. The van der Waals surface area contributed by atoms with Gasteiger partial charge in [0.1, 0.15) is 11.6 Å². The van der Waals surface area contributed by atoms with Crippen LogP contribution in [0.15, 0.2) is 42.6 Å². The van der Waals surface area contributed by atoms with Crippen LogP contribution in [0.5, 0.6) is 0 Å². The molecule has 0 N–H and O–H groups in total. The highest BCUT2D eigenvalue weighted by Crippen LogP contribution is 2.42. The number of pyridine rings is 1. The second-order valence-corrected chi connectivity index (χ2v) is 8.40. The summed E-state index contributed by atoms with van der Waals surface area (Å²) in [7, 11) is 0. The van der Waals surface area contributed by atoms with E-state index in [1.807, 2.05) is 30.3 Å². The molecule has 1 spiro atoms. The first kappa shape index (κ1) is 17.3. The predicted octanol–water partition coefficient (Wildman–Crippen LogP) is 2.91. The highest BCUT2D eigenvalue weighted by atomic mass is 19.1. The lowest BCUT2D eigenvalue weighted by Gasteiger charge is -2.47. The molecule has 2 amide bonds. The van der Waals surface area contributed by atoms with Crippen molar-refractivity contribution in [1.82, 2.24) is 9.88 Å². The average molecular weight is 379 g/mol. The van der Waals surface area contributed by atoms with Crippen molar-refractivity contribution in [3.8, 4) is 0 Å². The molecule has 1 aliphatic carbocycles. The summed E-state index contributed by atoms with van der Waals surface area (Å²) < 4.78 is 14.2. The summed E-state index contributed by atoms with van der Waals surface area (Å²) in [5.74, 6) is 0.888. The van der Waals surface area contributed by atoms with Gasteiger partial charge in [0.05, 0.1) is 6.42 Å². The monoisotopic (exact) mass is 379 g/mol. The van der Waals surface area contributed by atoms with Crippen LogP contribution in [0.2, 0.25) is 0 Å². The molecule has 1 saturated carbocycles. The van der Waals surface area contributed by atoms with Gasteiger partial charge in [-0.25, -0.2) is 9.37 Å². The fourth-order valence-corrected chi connectivity index (χ4v) is 4.46. The van der Waals surface area contributed by atoms with Crippen LogP contribution in [0.4, 0.5) is 10.2 Å². The van der Waals surface area contributed by atoms with E-state index in [-0.39, 0.29) is 29.5 Å². The number of rotatable bonds is 4. The summed E-state index contributed by atoms with van der Waals surface area (Å²) in [6.45, 7) is 1.74. The zero-order valence-corrected chi connectivity index (χ0v) is 15.6. The maximum absolute atomic E-state index is 14.2. The highest BCUT2D eigenvalue weighted by molar-refractivity contribution is 5.96. The summed E-state index contributed by atoms with van der Waals surface area (Å²) in [6.07, 6.45) is 4.43. The third-order valence-corrected chi connectivity index (χ3v) is 6.09. The lowest BCUT2D eigenvalue weighted by molar-refractivity contribution is -0.142. The molecule has 0 unspecified atom stereocenters. The summed E-state index contributed by atoms with van der Waals surface area (Å²) in [6, 6.07) is 10.7. The summed E-state index contributed by atoms with van der Waals surface area (Å²) in [5.41, 5.74) is 1.31. The first-order valence-electron chi connectivity index (χ1n) is 9.81. The van der Waals surface area contributed by atoms with Crippen LogP contribution in [0.3, 0.4) is 0 Å². The van der Waals surface area contributed by atoms with Crippen LogP contribution < -0.4 is 4.90 Å². The molecule has 1 aromatic carbocycles. The number of aromatic nitrogens is 1. The molecular weight excluding hydrogens is 357 g/mol. The Morgan fingerprint density at radius 3 is 2.68 bits per heavy atom. The Hall–Kier alpha value is -2.76. The lowest BCUT2D eigenvalue weighted by atomic mass is 9.78. The van der Waals surface area contributed by atoms with Crippen molar-refractivity contribution < 1.29 is 14.0 Å². The van der Waals surface area contributed by atoms with Crippen LogP contribution in [0.1, 0.15) is 36.3 Å². The number of carbonyl (C=O) groups excluding carboxylic acids is 2. The van der Waals surface area contributed by atoms with Gasteiger partial charge in [-0.05, 0) is 48.1 Å². The number of nitrogens with zero attached hydrogens (tertiary/aromatic N) is 3. The molecule has 5 rings (SSSR count). The minimum absolute atomic E-state index is 0.00654. The molecule has 0 atom stereocenters. The Kier molecular flexibility index (Phi) is 3.96. The van der Waals surface area contributed by atoms with Gasteiger partial charge in [0.25, 0.3) is 0 Å². The van der Waals surface area contributed by atoms with Crippen molar-refractivity contribution in [2.45, 2.75) is 31.6 Å². The Labute approximate surface area is 163 Å². The number of anilines is 1. The molecule has 28 heavy (non-hydrogen) atoms. The van der Waals surface area contributed by atoms with Gasteiger partial charge in [0.2, 0.25) is 11.8 Å². The first-order chi connectivity index (χ1) is 13.5. The van der Waals surface area contributed by atoms with Gasteiger partial charge in [-0.15, -0.1) is 0 Å². The Morgan fingerprint density at radius 1 is 1.18 bits per heavy atom. The Balaban J connectivity index is 1.20. The summed E-state index contributed by atoms with van der Waals surface area (Å²) in [4.78, 5) is 32.8. The Morgan fingerprint density at radius 2 is 2.00 bits per heavy atom. The van der Waals surface area contributed by atoms with Crippen LogP contribution in [-0.4, -0.2) is 41.3 Å². The van der Waals surface area contributed by atoms with E-state index in [1.54, 1.807) is 16.0 Å². The number of halogens is 1. The molecule has 3 heterocycles. The average Bonchev–Trinajstić information content (AvgIpc) is 3.43. The van der Waals surface area contributed by atoms with Gasteiger partial charge < -0.3 is 4.90 Å². The van der Waals surface area contributed by atoms with Gasteiger partial charge >= 0.3 is 0 Å². The van der Waals surface area contributed by atoms with E-state index in [0.29, 0.717) is 43.4 Å². The molecule has 2 aliphatic heterocycles. The molecule has 3 aliphatic rings. The third-order valence-electron chi connectivity index (χ3n) is 6.09. The number of likely N-dealkylation sites (tertiary alicyclic amines) is 1. The van der Waals surface area contributed by atoms with Crippen LogP contribution in [0.25, 0.3) is 0 Å². The highest BCUT2D eigenvalue weighted by Gasteiger charge is 2.53. The van der Waals surface area contributed by atoms with E-state index in [0.717, 1.165) is 18.4 Å². The standard InChI is InChI=1S/C22H22FN3O2/c23-18-9-15(4-7-17(18)16-5-6-16)10-20(27)25-12-22(13-25)11-21(28)26(14-22)19-3-1-2-8-24-19/h1-4,7-9,16H,5-6,10-14H2. The topological polar surface area (TPSA) is 53.5 Å². The molecule has 5 nitrogen and oxygen atoms in total. The van der Waals surface area contributed by atoms with Crippen molar-refractivity contribution in [3.05, 3.63) is 59.5 Å². The molecule has 6 heteroatoms. The summed E-state index contributed by atoms with van der Waals surface area (Å²) >= 11 is 0. The Bertz CT molecular complexity index is 936. The number of hydrogen-bond acceptors (Lipinski definition) is 3. The van der Waals surface area contributed by atoms with E-state index >= 15 is 0 Å². The van der Waals surface area contributed by atoms with E-state index in [4.69, 9.17) is 0 Å².